The maximum absolute atomic E-state index is 6.02. The third-order valence-corrected chi connectivity index (χ3v) is 4.23. The fourth-order valence-corrected chi connectivity index (χ4v) is 2.90. The van der Waals surface area contributed by atoms with Gasteiger partial charge in [-0.2, -0.15) is 4.98 Å². The number of aromatic nitrogens is 4. The van der Waals surface area contributed by atoms with Gasteiger partial charge in [0.15, 0.2) is 11.2 Å². The summed E-state index contributed by atoms with van der Waals surface area (Å²) in [5.41, 5.74) is 1.85. The quantitative estimate of drug-likeness (QED) is 0.808. The fourth-order valence-electron chi connectivity index (χ4n) is 2.70. The van der Waals surface area contributed by atoms with E-state index in [4.69, 9.17) is 16.3 Å². The number of imidazole rings is 1. The van der Waals surface area contributed by atoms with Gasteiger partial charge >= 0.3 is 0 Å². The Kier molecular flexibility index (Phi) is 3.09. The average molecular weight is 281 g/mol. The van der Waals surface area contributed by atoms with Crippen molar-refractivity contribution in [3.63, 3.8) is 0 Å². The number of methoxy groups -OCH3 is 1. The molecule has 0 amide bonds. The van der Waals surface area contributed by atoms with Gasteiger partial charge in [0, 0.05) is 6.54 Å². The molecular weight excluding hydrogens is 264 g/mol. The summed E-state index contributed by atoms with van der Waals surface area (Å²) in [6.07, 6.45) is 5.31. The summed E-state index contributed by atoms with van der Waals surface area (Å²) < 4.78 is 7.36. The van der Waals surface area contributed by atoms with Gasteiger partial charge in [-0.05, 0) is 18.3 Å². The molecule has 1 fully saturated rings. The molecule has 1 saturated carbocycles. The van der Waals surface area contributed by atoms with Gasteiger partial charge in [-0.1, -0.05) is 13.3 Å². The van der Waals surface area contributed by atoms with Crippen LogP contribution in [0.15, 0.2) is 6.33 Å². The topological polar surface area (TPSA) is 52.8 Å². The normalized spacial score (nSPS) is 17.4. The highest BCUT2D eigenvalue weighted by molar-refractivity contribution is 6.16. The first-order chi connectivity index (χ1) is 9.17. The first-order valence-electron chi connectivity index (χ1n) is 6.47. The van der Waals surface area contributed by atoms with Crippen molar-refractivity contribution in [2.45, 2.75) is 38.6 Å². The predicted molar refractivity (Wildman–Crippen MR) is 73.4 cm³/mol. The van der Waals surface area contributed by atoms with E-state index in [9.17, 15) is 0 Å². The molecule has 0 N–H and O–H groups in total. The molecule has 1 aliphatic rings. The van der Waals surface area contributed by atoms with Crippen LogP contribution in [-0.2, 0) is 12.4 Å². The molecule has 1 aliphatic carbocycles. The zero-order valence-electron chi connectivity index (χ0n) is 11.2. The predicted octanol–water partition coefficient (Wildman–Crippen LogP) is 2.76. The van der Waals surface area contributed by atoms with Crippen molar-refractivity contribution in [1.82, 2.24) is 19.5 Å². The molecule has 5 nitrogen and oxygen atoms in total. The minimum Gasteiger partial charge on any atom is -0.479 e. The lowest BCUT2D eigenvalue weighted by atomic mass is 9.70. The van der Waals surface area contributed by atoms with E-state index in [2.05, 4.69) is 26.4 Å². The number of nitrogens with zero attached hydrogens (tertiary/aromatic N) is 4. The van der Waals surface area contributed by atoms with E-state index in [1.54, 1.807) is 7.11 Å². The van der Waals surface area contributed by atoms with Crippen LogP contribution in [0.25, 0.3) is 11.2 Å². The molecule has 0 aromatic carbocycles. The van der Waals surface area contributed by atoms with E-state index in [0.717, 1.165) is 18.0 Å². The summed E-state index contributed by atoms with van der Waals surface area (Å²) in [6, 6.07) is 0. The van der Waals surface area contributed by atoms with E-state index < -0.39 is 0 Å². The molecule has 0 saturated heterocycles. The van der Waals surface area contributed by atoms with E-state index >= 15 is 0 Å². The number of halogens is 1. The van der Waals surface area contributed by atoms with E-state index in [1.165, 1.54) is 25.6 Å². The van der Waals surface area contributed by atoms with E-state index in [-0.39, 0.29) is 0 Å². The first kappa shape index (κ1) is 12.7. The third kappa shape index (κ3) is 2.06. The number of rotatable bonds is 4. The monoisotopic (exact) mass is 280 g/mol. The van der Waals surface area contributed by atoms with Gasteiger partial charge in [-0.25, -0.2) is 9.97 Å². The highest BCUT2D eigenvalue weighted by Crippen LogP contribution is 2.42. The van der Waals surface area contributed by atoms with Gasteiger partial charge in [0.25, 0.3) is 0 Å². The molecule has 2 heterocycles. The highest BCUT2D eigenvalue weighted by Gasteiger charge is 2.33. The fraction of sp³-hybridized carbons (Fsp3) is 0.615. The number of hydrogen-bond donors (Lipinski definition) is 0. The molecule has 0 bridgehead atoms. The molecule has 2 aromatic heterocycles. The van der Waals surface area contributed by atoms with Crippen LogP contribution in [0, 0.1) is 5.41 Å². The standard InChI is InChI=1S/C13H17ClN4O/c1-13(4-3-5-13)7-18-9(6-14)17-10-11(18)15-8-16-12(10)19-2/h8H,3-7H2,1-2H3. The Morgan fingerprint density at radius 1 is 1.42 bits per heavy atom. The summed E-state index contributed by atoms with van der Waals surface area (Å²) in [7, 11) is 1.59. The molecule has 0 radical (unpaired) electrons. The summed E-state index contributed by atoms with van der Waals surface area (Å²) in [5.74, 6) is 1.72. The lowest BCUT2D eigenvalue weighted by Gasteiger charge is -2.38. The minimum atomic E-state index is 0.340. The average Bonchev–Trinajstić information content (AvgIpc) is 2.75. The molecule has 102 valence electrons. The van der Waals surface area contributed by atoms with Gasteiger partial charge < -0.3 is 9.30 Å². The van der Waals surface area contributed by atoms with Crippen molar-refractivity contribution in [2.24, 2.45) is 5.41 Å². The SMILES string of the molecule is COc1ncnc2c1nc(CCl)n2CC1(C)CCC1. The number of alkyl halides is 1. The largest absolute Gasteiger partial charge is 0.479 e. The van der Waals surface area contributed by atoms with Crippen molar-refractivity contribution < 1.29 is 4.74 Å². The van der Waals surface area contributed by atoms with Crippen LogP contribution in [0.3, 0.4) is 0 Å². The lowest BCUT2D eigenvalue weighted by molar-refractivity contribution is 0.132. The Hall–Kier alpha value is -1.36. The molecule has 19 heavy (non-hydrogen) atoms. The maximum Gasteiger partial charge on any atom is 0.245 e. The number of fused-ring (bicyclic) bond motifs is 1. The van der Waals surface area contributed by atoms with Gasteiger partial charge in [-0.3, -0.25) is 0 Å². The molecule has 0 aliphatic heterocycles. The molecule has 3 rings (SSSR count). The molecule has 0 unspecified atom stereocenters. The molecule has 2 aromatic rings. The summed E-state index contributed by atoms with van der Waals surface area (Å²) in [4.78, 5) is 13.0. The second-order valence-corrected chi connectivity index (χ2v) is 5.73. The summed E-state index contributed by atoms with van der Waals surface area (Å²) >= 11 is 6.02. The van der Waals surface area contributed by atoms with E-state index in [1.807, 2.05) is 0 Å². The van der Waals surface area contributed by atoms with Crippen molar-refractivity contribution in [3.8, 4) is 5.88 Å². The zero-order chi connectivity index (χ0) is 13.5. The smallest absolute Gasteiger partial charge is 0.245 e. The Labute approximate surface area is 117 Å². The van der Waals surface area contributed by atoms with Gasteiger partial charge in [-0.15, -0.1) is 11.6 Å². The van der Waals surface area contributed by atoms with Gasteiger partial charge in [0.05, 0.1) is 13.0 Å². The molecule has 0 atom stereocenters. The van der Waals surface area contributed by atoms with E-state index in [0.29, 0.717) is 22.7 Å². The van der Waals surface area contributed by atoms with Crippen molar-refractivity contribution in [1.29, 1.82) is 0 Å². The Balaban J connectivity index is 2.10. The second-order valence-electron chi connectivity index (χ2n) is 5.47. The maximum atomic E-state index is 6.02. The Morgan fingerprint density at radius 3 is 2.79 bits per heavy atom. The molecular formula is C13H17ClN4O. The second kappa shape index (κ2) is 4.63. The lowest BCUT2D eigenvalue weighted by Crippen LogP contribution is -2.31. The zero-order valence-corrected chi connectivity index (χ0v) is 11.9. The van der Waals surface area contributed by atoms with Gasteiger partial charge in [0.1, 0.15) is 12.2 Å². The van der Waals surface area contributed by atoms with Crippen LogP contribution in [0.1, 0.15) is 32.0 Å². The van der Waals surface area contributed by atoms with Crippen LogP contribution in [-0.4, -0.2) is 26.6 Å². The van der Waals surface area contributed by atoms with Crippen LogP contribution < -0.4 is 4.74 Å². The van der Waals surface area contributed by atoms with Crippen LogP contribution in [0.4, 0.5) is 0 Å². The van der Waals surface area contributed by atoms with Crippen molar-refractivity contribution >= 4 is 22.8 Å². The third-order valence-electron chi connectivity index (χ3n) is 3.99. The summed E-state index contributed by atoms with van der Waals surface area (Å²) in [5, 5.41) is 0. The number of hydrogen-bond acceptors (Lipinski definition) is 4. The van der Waals surface area contributed by atoms with Crippen molar-refractivity contribution in [3.05, 3.63) is 12.2 Å². The highest BCUT2D eigenvalue weighted by atomic mass is 35.5. The number of ether oxygens (including phenoxy) is 1. The molecule has 6 heteroatoms. The Bertz CT molecular complexity index is 606. The van der Waals surface area contributed by atoms with Gasteiger partial charge in [0.2, 0.25) is 5.88 Å². The van der Waals surface area contributed by atoms with Crippen LogP contribution in [0.5, 0.6) is 5.88 Å². The molecule has 0 spiro atoms. The van der Waals surface area contributed by atoms with Crippen molar-refractivity contribution in [2.75, 3.05) is 7.11 Å². The first-order valence-corrected chi connectivity index (χ1v) is 7.00. The Morgan fingerprint density at radius 2 is 2.21 bits per heavy atom. The van der Waals surface area contributed by atoms with Crippen LogP contribution >= 0.6 is 11.6 Å². The summed E-state index contributed by atoms with van der Waals surface area (Å²) in [6.45, 7) is 3.21. The minimum absolute atomic E-state index is 0.340. The van der Waals surface area contributed by atoms with Crippen LogP contribution in [0.2, 0.25) is 0 Å².